The molecule has 59 heavy (non-hydrogen) atoms. The Morgan fingerprint density at radius 3 is 2.56 bits per heavy atom. The van der Waals surface area contributed by atoms with Gasteiger partial charge in [-0.1, -0.05) is 55.8 Å². The monoisotopic (exact) mass is 805 g/mol. The van der Waals surface area contributed by atoms with Crippen LogP contribution in [0.5, 0.6) is 5.75 Å². The second-order valence-corrected chi connectivity index (χ2v) is 18.1. The highest BCUT2D eigenvalue weighted by atomic mass is 16.6. The van der Waals surface area contributed by atoms with Crippen molar-refractivity contribution in [2.75, 3.05) is 65.4 Å². The number of para-hydroxylation sites is 1. The second-order valence-electron chi connectivity index (χ2n) is 18.1. The minimum atomic E-state index is -1.72. The van der Waals surface area contributed by atoms with E-state index in [2.05, 4.69) is 81.3 Å². The van der Waals surface area contributed by atoms with Crippen LogP contribution < -0.4 is 15.0 Å². The van der Waals surface area contributed by atoms with Crippen LogP contribution in [0.25, 0.3) is 10.9 Å². The number of hydrogen-bond donors (Lipinski definition) is 3. The zero-order valence-electron chi connectivity index (χ0n) is 35.5. The number of aromatic amines is 1. The number of anilines is 1. The number of hydrogen-bond acceptors (Lipinski definition) is 10. The van der Waals surface area contributed by atoms with E-state index in [1.54, 1.807) is 7.11 Å². The molecule has 5 aliphatic heterocycles. The molecule has 6 heterocycles. The number of amides is 1. The van der Waals surface area contributed by atoms with Crippen molar-refractivity contribution in [3.8, 4) is 5.75 Å². The number of rotatable bonds is 8. The maximum atomic E-state index is 15.3. The standard InChI is InChI=1S/C47H59N5O7/c1-8-30-21-31-24-46(43(55)58-7,39-33(15-19-51(25-30)26-31)32-13-10-11-14-36(32)49-39)35-22-34-37(23-38(35)57-6)50(5)41-45(34)17-20-52-18-12-16-44(9-2,40(45)52)42(59-29(4)54)47(41,56)27-48-28(3)53/h10-14,16,21-23,31,40-42,49,56H,8-9,15,17-20,24-27H2,1-7H3,(H,48,53)/t31-,40?,41+,42+,44+,45+,46-,47-/m0/s1. The number of carbonyl (C=O) groups excluding carboxylic acids is 3. The lowest BCUT2D eigenvalue weighted by atomic mass is 9.47. The molecule has 2 unspecified atom stereocenters. The van der Waals surface area contributed by atoms with Gasteiger partial charge in [-0.2, -0.15) is 0 Å². The number of fused-ring (bicyclic) bond motifs is 6. The maximum Gasteiger partial charge on any atom is 0.322 e. The van der Waals surface area contributed by atoms with Crippen molar-refractivity contribution in [3.05, 3.63) is 82.6 Å². The van der Waals surface area contributed by atoms with Gasteiger partial charge in [0.1, 0.15) is 22.9 Å². The van der Waals surface area contributed by atoms with Crippen LogP contribution >= 0.6 is 0 Å². The van der Waals surface area contributed by atoms with Gasteiger partial charge in [-0.05, 0) is 67.8 Å². The van der Waals surface area contributed by atoms with Crippen LogP contribution in [0, 0.1) is 11.3 Å². The number of H-pyrrole nitrogens is 1. The largest absolute Gasteiger partial charge is 0.496 e. The van der Waals surface area contributed by atoms with E-state index in [1.165, 1.54) is 26.5 Å². The number of benzene rings is 2. The summed E-state index contributed by atoms with van der Waals surface area (Å²) in [7, 11) is 5.13. The fourth-order valence-electron chi connectivity index (χ4n) is 13.3. The predicted molar refractivity (Wildman–Crippen MR) is 226 cm³/mol. The molecule has 1 saturated heterocycles. The molecule has 0 radical (unpaired) electrons. The summed E-state index contributed by atoms with van der Waals surface area (Å²) >= 11 is 0. The van der Waals surface area contributed by atoms with Crippen molar-refractivity contribution in [1.82, 2.24) is 20.1 Å². The normalized spacial score (nSPS) is 34.3. The van der Waals surface area contributed by atoms with Crippen molar-refractivity contribution in [1.29, 1.82) is 0 Å². The molecule has 2 fully saturated rings. The number of aromatic nitrogens is 1. The summed E-state index contributed by atoms with van der Waals surface area (Å²) in [5.74, 6) is -0.534. The molecule has 1 aliphatic carbocycles. The second kappa shape index (κ2) is 14.2. The van der Waals surface area contributed by atoms with Crippen molar-refractivity contribution < 1.29 is 33.7 Å². The number of methoxy groups -OCH3 is 2. The first kappa shape index (κ1) is 39.8. The minimum absolute atomic E-state index is 0.0434. The molecule has 9 rings (SSSR count). The van der Waals surface area contributed by atoms with E-state index >= 15 is 4.79 Å². The number of ether oxygens (including phenoxy) is 3. The van der Waals surface area contributed by atoms with Crippen molar-refractivity contribution >= 4 is 34.4 Å². The summed E-state index contributed by atoms with van der Waals surface area (Å²) < 4.78 is 18.7. The summed E-state index contributed by atoms with van der Waals surface area (Å²) in [6.07, 6.45) is 9.15. The molecule has 9 atom stereocenters. The van der Waals surface area contributed by atoms with E-state index in [4.69, 9.17) is 14.2 Å². The van der Waals surface area contributed by atoms with E-state index < -0.39 is 40.0 Å². The van der Waals surface area contributed by atoms with Crippen molar-refractivity contribution in [2.45, 2.75) is 94.4 Å². The average Bonchev–Trinajstić information content (AvgIpc) is 3.89. The number of aliphatic hydroxyl groups is 1. The Morgan fingerprint density at radius 2 is 1.85 bits per heavy atom. The van der Waals surface area contributed by atoms with E-state index in [9.17, 15) is 14.7 Å². The first-order valence-corrected chi connectivity index (χ1v) is 21.4. The highest BCUT2D eigenvalue weighted by Gasteiger charge is 2.78. The van der Waals surface area contributed by atoms with E-state index in [0.29, 0.717) is 31.6 Å². The molecule has 3 aromatic rings. The molecule has 1 saturated carbocycles. The molecule has 1 aromatic heterocycles. The summed E-state index contributed by atoms with van der Waals surface area (Å²) in [6, 6.07) is 11.8. The van der Waals surface area contributed by atoms with Gasteiger partial charge in [-0.15, -0.1) is 0 Å². The first-order chi connectivity index (χ1) is 28.3. The van der Waals surface area contributed by atoms with Crippen molar-refractivity contribution in [2.24, 2.45) is 11.3 Å². The molecule has 12 heteroatoms. The third kappa shape index (κ3) is 5.47. The van der Waals surface area contributed by atoms with Gasteiger partial charge in [0.25, 0.3) is 0 Å². The topological polar surface area (TPSA) is 137 Å². The Hall–Kier alpha value is -4.65. The van der Waals surface area contributed by atoms with Gasteiger partial charge in [-0.3, -0.25) is 24.2 Å². The van der Waals surface area contributed by atoms with E-state index in [0.717, 1.165) is 78.0 Å². The Kier molecular flexibility index (Phi) is 9.60. The molecule has 6 aliphatic rings. The lowest BCUT2D eigenvalue weighted by Gasteiger charge is -2.64. The van der Waals surface area contributed by atoms with Gasteiger partial charge < -0.3 is 34.5 Å². The molecule has 1 amide bonds. The minimum Gasteiger partial charge on any atom is -0.496 e. The highest BCUT2D eigenvalue weighted by Crippen LogP contribution is 2.68. The molecular weight excluding hydrogens is 747 g/mol. The van der Waals surface area contributed by atoms with Crippen LogP contribution in [0.15, 0.2) is 60.2 Å². The summed E-state index contributed by atoms with van der Waals surface area (Å²) in [4.78, 5) is 52.1. The van der Waals surface area contributed by atoms with Crippen LogP contribution in [0.1, 0.15) is 75.8 Å². The molecule has 12 nitrogen and oxygen atoms in total. The third-order valence-corrected chi connectivity index (χ3v) is 15.3. The fraction of sp³-hybridized carbons (Fsp3) is 0.553. The molecule has 2 bridgehead atoms. The third-order valence-electron chi connectivity index (χ3n) is 15.3. The summed E-state index contributed by atoms with van der Waals surface area (Å²) in [5.41, 5.74) is 2.34. The highest BCUT2D eigenvalue weighted by molar-refractivity contribution is 5.94. The molecular formula is C47H59N5O7. The predicted octanol–water partition coefficient (Wildman–Crippen LogP) is 4.76. The van der Waals surface area contributed by atoms with E-state index in [1.807, 2.05) is 19.2 Å². The zero-order chi connectivity index (χ0) is 41.6. The van der Waals surface area contributed by atoms with Gasteiger partial charge in [-0.25, -0.2) is 0 Å². The number of nitrogens with one attached hydrogen (secondary N) is 2. The summed E-state index contributed by atoms with van der Waals surface area (Å²) in [5, 5.41) is 17.6. The fourth-order valence-corrected chi connectivity index (χ4v) is 13.3. The Balaban J connectivity index is 1.36. The SMILES string of the molecule is CCC1=C[C@@H]2CN(CCc3c([nH]c4ccccc34)[C@@](C(=O)OC)(c3cc4c(cc3OC)N(C)[C@H]3[C@@](O)(CNC(C)=O)[C@H](OC(C)=O)[C@]5(CC)C=CCN6CC[C@]43C65)C2)C1. The smallest absolute Gasteiger partial charge is 0.322 e. The Bertz CT molecular complexity index is 2280. The van der Waals surface area contributed by atoms with Crippen molar-refractivity contribution in [3.63, 3.8) is 0 Å². The number of likely N-dealkylation sites (N-methyl/N-ethyl adjacent to an activating group) is 1. The van der Waals surface area contributed by atoms with Crippen LogP contribution in [0.2, 0.25) is 0 Å². The van der Waals surface area contributed by atoms with Gasteiger partial charge in [0.15, 0.2) is 0 Å². The molecule has 3 N–H and O–H groups in total. The average molecular weight is 806 g/mol. The number of carbonyl (C=O) groups is 3. The van der Waals surface area contributed by atoms with Gasteiger partial charge in [0.05, 0.1) is 26.8 Å². The molecule has 314 valence electrons. The van der Waals surface area contributed by atoms with Crippen LogP contribution in [-0.4, -0.2) is 122 Å². The van der Waals surface area contributed by atoms with Crippen LogP contribution in [-0.2, 0) is 41.1 Å². The summed E-state index contributed by atoms with van der Waals surface area (Å²) in [6.45, 7) is 11.1. The molecule has 1 spiro atoms. The number of esters is 2. The Morgan fingerprint density at radius 1 is 1.05 bits per heavy atom. The molecule has 2 aromatic carbocycles. The zero-order valence-corrected chi connectivity index (χ0v) is 35.5. The van der Waals surface area contributed by atoms with Crippen LogP contribution in [0.3, 0.4) is 0 Å². The number of nitrogens with zero attached hydrogens (tertiary/aromatic N) is 3. The Labute approximate surface area is 346 Å². The van der Waals surface area contributed by atoms with Gasteiger partial charge in [0, 0.05) is 97.9 Å². The van der Waals surface area contributed by atoms with Crippen LogP contribution in [0.4, 0.5) is 5.69 Å². The maximum absolute atomic E-state index is 15.3. The first-order valence-electron chi connectivity index (χ1n) is 21.4. The quantitative estimate of drug-likeness (QED) is 0.216. The van der Waals surface area contributed by atoms with E-state index in [-0.39, 0.29) is 30.4 Å². The van der Waals surface area contributed by atoms with Gasteiger partial charge in [0.2, 0.25) is 5.91 Å². The van der Waals surface area contributed by atoms with Gasteiger partial charge >= 0.3 is 11.9 Å². The lowest BCUT2D eigenvalue weighted by molar-refractivity contribution is -0.217. The lowest BCUT2D eigenvalue weighted by Crippen LogP contribution is -2.81.